The maximum atomic E-state index is 13.8. The lowest BCUT2D eigenvalue weighted by atomic mass is 9.54. The predicted octanol–water partition coefficient (Wildman–Crippen LogP) is 4.93. The van der Waals surface area contributed by atoms with Gasteiger partial charge < -0.3 is 10.0 Å². The van der Waals surface area contributed by atoms with Gasteiger partial charge in [-0.1, -0.05) is 13.0 Å². The summed E-state index contributed by atoms with van der Waals surface area (Å²) < 4.78 is 13.8. The van der Waals surface area contributed by atoms with Crippen molar-refractivity contribution in [2.24, 2.45) is 23.2 Å². The van der Waals surface area contributed by atoms with Gasteiger partial charge in [0, 0.05) is 30.5 Å². The molecule has 1 amide bonds. The number of aryl methyl sites for hydroxylation is 1. The van der Waals surface area contributed by atoms with Gasteiger partial charge in [-0.2, -0.15) is 0 Å². The SMILES string of the molecule is C[C@]12CCC3c4ccc(F)cc4CCC3C1[C@H](CCC(=O)N1CCCC1)/C(=C/O)C2=O. The Bertz CT molecular complexity index is 935. The van der Waals surface area contributed by atoms with Crippen LogP contribution in [0.25, 0.3) is 0 Å². The second kappa shape index (κ2) is 7.75. The van der Waals surface area contributed by atoms with E-state index in [0.29, 0.717) is 30.3 Å². The summed E-state index contributed by atoms with van der Waals surface area (Å²) in [7, 11) is 0. The summed E-state index contributed by atoms with van der Waals surface area (Å²) in [5.74, 6) is 0.757. The Balaban J connectivity index is 1.44. The van der Waals surface area contributed by atoms with Crippen molar-refractivity contribution in [3.8, 4) is 0 Å². The molecule has 1 N–H and O–H groups in total. The van der Waals surface area contributed by atoms with Crippen LogP contribution in [0.3, 0.4) is 0 Å². The number of aliphatic hydroxyl groups excluding tert-OH is 1. The first-order chi connectivity index (χ1) is 14.9. The van der Waals surface area contributed by atoms with E-state index < -0.39 is 5.41 Å². The summed E-state index contributed by atoms with van der Waals surface area (Å²) in [6.45, 7) is 3.75. The number of carbonyl (C=O) groups excluding carboxylic acids is 2. The Morgan fingerprint density at radius 3 is 2.81 bits per heavy atom. The van der Waals surface area contributed by atoms with Gasteiger partial charge in [-0.15, -0.1) is 0 Å². The van der Waals surface area contributed by atoms with Crippen molar-refractivity contribution in [2.75, 3.05) is 13.1 Å². The second-order valence-corrected chi connectivity index (χ2v) is 10.3. The van der Waals surface area contributed by atoms with Crippen LogP contribution in [0.15, 0.2) is 30.0 Å². The van der Waals surface area contributed by atoms with Gasteiger partial charge >= 0.3 is 0 Å². The average Bonchev–Trinajstić information content (AvgIpc) is 3.37. The minimum Gasteiger partial charge on any atom is -0.515 e. The molecule has 0 spiro atoms. The third-order valence-corrected chi connectivity index (χ3v) is 8.82. The topological polar surface area (TPSA) is 57.6 Å². The number of Topliss-reactive ketones (excluding diaryl/α,β-unsaturated/α-hetero) is 1. The highest BCUT2D eigenvalue weighted by atomic mass is 19.1. The van der Waals surface area contributed by atoms with Gasteiger partial charge in [0.05, 0.1) is 6.26 Å². The van der Waals surface area contributed by atoms with Crippen LogP contribution >= 0.6 is 0 Å². The molecule has 3 fully saturated rings. The molecule has 2 saturated carbocycles. The van der Waals surface area contributed by atoms with Crippen molar-refractivity contribution in [1.29, 1.82) is 0 Å². The predicted molar refractivity (Wildman–Crippen MR) is 116 cm³/mol. The molecule has 4 aliphatic rings. The van der Waals surface area contributed by atoms with Crippen molar-refractivity contribution in [1.82, 2.24) is 4.90 Å². The van der Waals surface area contributed by atoms with E-state index in [0.717, 1.165) is 63.4 Å². The van der Waals surface area contributed by atoms with E-state index in [2.05, 4.69) is 6.92 Å². The highest BCUT2D eigenvalue weighted by molar-refractivity contribution is 6.03. The molecule has 3 unspecified atom stereocenters. The maximum absolute atomic E-state index is 13.8. The fraction of sp³-hybridized carbons (Fsp3) is 0.615. The molecule has 31 heavy (non-hydrogen) atoms. The minimum atomic E-state index is -0.478. The van der Waals surface area contributed by atoms with Crippen LogP contribution in [0.5, 0.6) is 0 Å². The summed E-state index contributed by atoms with van der Waals surface area (Å²) in [6.07, 6.45) is 7.67. The van der Waals surface area contributed by atoms with Crippen molar-refractivity contribution in [3.63, 3.8) is 0 Å². The number of amides is 1. The number of allylic oxidation sites excluding steroid dienone is 1. The van der Waals surface area contributed by atoms with E-state index >= 15 is 0 Å². The number of fused-ring (bicyclic) bond motifs is 5. The molecule has 5 atom stereocenters. The number of ketones is 1. The number of rotatable bonds is 3. The van der Waals surface area contributed by atoms with Gasteiger partial charge in [-0.25, -0.2) is 4.39 Å². The first-order valence-electron chi connectivity index (χ1n) is 11.9. The van der Waals surface area contributed by atoms with E-state index in [9.17, 15) is 19.1 Å². The molecule has 1 saturated heterocycles. The van der Waals surface area contributed by atoms with Crippen molar-refractivity contribution >= 4 is 11.7 Å². The Kier molecular flexibility index (Phi) is 5.18. The lowest BCUT2D eigenvalue weighted by Gasteiger charge is -2.49. The number of hydrogen-bond donors (Lipinski definition) is 1. The minimum absolute atomic E-state index is 0.0713. The van der Waals surface area contributed by atoms with Gasteiger partial charge in [0.15, 0.2) is 5.78 Å². The van der Waals surface area contributed by atoms with Crippen LogP contribution in [0.2, 0.25) is 0 Å². The molecule has 0 aromatic heterocycles. The van der Waals surface area contributed by atoms with Crippen molar-refractivity contribution < 1.29 is 19.1 Å². The number of carbonyl (C=O) groups is 2. The van der Waals surface area contributed by atoms with Gasteiger partial charge in [0.2, 0.25) is 5.91 Å². The van der Waals surface area contributed by atoms with Crippen LogP contribution in [0, 0.1) is 29.0 Å². The van der Waals surface area contributed by atoms with E-state index in [1.165, 1.54) is 5.56 Å². The highest BCUT2D eigenvalue weighted by Gasteiger charge is 2.60. The van der Waals surface area contributed by atoms with E-state index in [4.69, 9.17) is 0 Å². The lowest BCUT2D eigenvalue weighted by Crippen LogP contribution is -2.44. The molecule has 0 bridgehead atoms. The van der Waals surface area contributed by atoms with Gasteiger partial charge in [0.1, 0.15) is 5.82 Å². The molecule has 4 nitrogen and oxygen atoms in total. The molecule has 3 aliphatic carbocycles. The van der Waals surface area contributed by atoms with Crippen molar-refractivity contribution in [3.05, 3.63) is 47.0 Å². The zero-order valence-corrected chi connectivity index (χ0v) is 18.3. The number of aliphatic hydroxyl groups is 1. The Hall–Kier alpha value is -2.17. The quantitative estimate of drug-likeness (QED) is 0.552. The van der Waals surface area contributed by atoms with E-state index in [1.54, 1.807) is 12.1 Å². The van der Waals surface area contributed by atoms with Crippen molar-refractivity contribution in [2.45, 2.75) is 64.2 Å². The molecule has 1 aromatic carbocycles. The van der Waals surface area contributed by atoms with E-state index in [-0.39, 0.29) is 29.3 Å². The first kappa shape index (κ1) is 20.7. The largest absolute Gasteiger partial charge is 0.515 e. The molecule has 1 aromatic rings. The molecule has 1 aliphatic heterocycles. The zero-order valence-electron chi connectivity index (χ0n) is 18.3. The van der Waals surface area contributed by atoms with Gasteiger partial charge in [-0.3, -0.25) is 9.59 Å². The Morgan fingerprint density at radius 2 is 2.06 bits per heavy atom. The zero-order chi connectivity index (χ0) is 21.8. The third-order valence-electron chi connectivity index (χ3n) is 8.82. The fourth-order valence-corrected chi connectivity index (χ4v) is 7.39. The fourth-order valence-electron chi connectivity index (χ4n) is 7.39. The number of nitrogens with zero attached hydrogens (tertiary/aromatic N) is 1. The maximum Gasteiger partial charge on any atom is 0.222 e. The molecule has 5 heteroatoms. The van der Waals surface area contributed by atoms with Crippen LogP contribution in [-0.2, 0) is 16.0 Å². The summed E-state index contributed by atoms with van der Waals surface area (Å²) >= 11 is 0. The molecule has 5 rings (SSSR count). The van der Waals surface area contributed by atoms with Crippen LogP contribution in [-0.4, -0.2) is 34.8 Å². The first-order valence-corrected chi connectivity index (χ1v) is 11.9. The Morgan fingerprint density at radius 1 is 1.29 bits per heavy atom. The third kappa shape index (κ3) is 3.23. The molecule has 1 heterocycles. The summed E-state index contributed by atoms with van der Waals surface area (Å²) in [5.41, 5.74) is 2.38. The smallest absolute Gasteiger partial charge is 0.222 e. The van der Waals surface area contributed by atoms with Crippen LogP contribution in [0.1, 0.15) is 68.9 Å². The Labute approximate surface area is 183 Å². The van der Waals surface area contributed by atoms with Gasteiger partial charge in [-0.05, 0) is 91.9 Å². The summed E-state index contributed by atoms with van der Waals surface area (Å²) in [6, 6.07) is 5.17. The normalized spacial score (nSPS) is 35.7. The number of hydrogen-bond acceptors (Lipinski definition) is 3. The van der Waals surface area contributed by atoms with Crippen LogP contribution < -0.4 is 0 Å². The van der Waals surface area contributed by atoms with Gasteiger partial charge in [0.25, 0.3) is 0 Å². The molecular formula is C26H32FNO3. The standard InChI is InChI=1S/C26H32FNO3/c1-26-11-10-19-18-7-5-17(27)14-16(18)4-6-20(19)24(26)21(22(15-29)25(26)31)8-9-23(30)28-12-2-3-13-28/h5,7,14-15,19-21,24,29H,2-4,6,8-13H2,1H3/b22-15-/t19?,20?,21-,24?,26+/m1/s1. The highest BCUT2D eigenvalue weighted by Crippen LogP contribution is 2.63. The summed E-state index contributed by atoms with van der Waals surface area (Å²) in [4.78, 5) is 28.1. The monoisotopic (exact) mass is 425 g/mol. The number of benzene rings is 1. The summed E-state index contributed by atoms with van der Waals surface area (Å²) in [5, 5.41) is 10.0. The number of likely N-dealkylation sites (tertiary alicyclic amines) is 1. The molecular weight excluding hydrogens is 393 g/mol. The number of halogens is 1. The van der Waals surface area contributed by atoms with E-state index in [1.807, 2.05) is 11.0 Å². The molecule has 0 radical (unpaired) electrons. The molecule has 166 valence electrons. The average molecular weight is 426 g/mol. The second-order valence-electron chi connectivity index (χ2n) is 10.3. The van der Waals surface area contributed by atoms with Crippen LogP contribution in [0.4, 0.5) is 4.39 Å². The lowest BCUT2D eigenvalue weighted by molar-refractivity contribution is -0.130.